The molecule has 1 fully saturated rings. The molecule has 3 N–H and O–H groups in total. The van der Waals surface area contributed by atoms with Gasteiger partial charge in [0.05, 0.1) is 6.10 Å². The lowest BCUT2D eigenvalue weighted by Crippen LogP contribution is -2.62. The van der Waals surface area contributed by atoms with Crippen molar-refractivity contribution in [2.75, 3.05) is 0 Å². The van der Waals surface area contributed by atoms with Crippen LogP contribution in [0, 0.1) is 12.3 Å². The van der Waals surface area contributed by atoms with Crippen LogP contribution < -0.4 is 10.6 Å². The van der Waals surface area contributed by atoms with Crippen LogP contribution in [0.3, 0.4) is 0 Å². The van der Waals surface area contributed by atoms with Gasteiger partial charge < -0.3 is 20.2 Å². The van der Waals surface area contributed by atoms with Gasteiger partial charge in [-0.25, -0.2) is 0 Å². The van der Waals surface area contributed by atoms with Crippen LogP contribution in [0.5, 0.6) is 0 Å². The van der Waals surface area contributed by atoms with Gasteiger partial charge in [-0.05, 0) is 59.3 Å². The molecule has 1 aromatic rings. The molecular formula is C21H34N2O3. The van der Waals surface area contributed by atoms with Crippen molar-refractivity contribution in [2.24, 2.45) is 5.41 Å². The fourth-order valence-corrected chi connectivity index (χ4v) is 5.18. The molecule has 0 saturated carbocycles. The number of amides is 1. The molecule has 2 heterocycles. The molecule has 0 aromatic carbocycles. The zero-order valence-electron chi connectivity index (χ0n) is 17.2. The van der Waals surface area contributed by atoms with Gasteiger partial charge in [0.2, 0.25) is 0 Å². The minimum Gasteiger partial charge on any atom is -0.455 e. The van der Waals surface area contributed by atoms with Crippen LogP contribution in [0.25, 0.3) is 0 Å². The fourth-order valence-electron chi connectivity index (χ4n) is 5.18. The summed E-state index contributed by atoms with van der Waals surface area (Å²) in [6.45, 7) is 14.8. The molecular weight excluding hydrogens is 328 g/mol. The second-order valence-electron chi connectivity index (χ2n) is 10.4. The molecule has 2 aliphatic rings. The Kier molecular flexibility index (Phi) is 4.56. The average molecular weight is 363 g/mol. The second kappa shape index (κ2) is 6.10. The predicted octanol–water partition coefficient (Wildman–Crippen LogP) is 3.63. The number of rotatable bonds is 2. The largest absolute Gasteiger partial charge is 0.455 e. The van der Waals surface area contributed by atoms with E-state index in [1.54, 1.807) is 0 Å². The monoisotopic (exact) mass is 362 g/mol. The zero-order valence-corrected chi connectivity index (χ0v) is 17.2. The van der Waals surface area contributed by atoms with Gasteiger partial charge in [-0.3, -0.25) is 4.79 Å². The van der Waals surface area contributed by atoms with Gasteiger partial charge in [0, 0.05) is 34.7 Å². The van der Waals surface area contributed by atoms with Crippen molar-refractivity contribution < 1.29 is 14.3 Å². The van der Waals surface area contributed by atoms with E-state index in [4.69, 9.17) is 4.42 Å². The lowest BCUT2D eigenvalue weighted by Gasteiger charge is -2.46. The minimum atomic E-state index is -0.559. The Morgan fingerprint density at radius 1 is 1.12 bits per heavy atom. The summed E-state index contributed by atoms with van der Waals surface area (Å²) in [5.41, 5.74) is 1.52. The van der Waals surface area contributed by atoms with Gasteiger partial charge >= 0.3 is 0 Å². The lowest BCUT2D eigenvalue weighted by molar-refractivity contribution is 0.0826. The molecule has 0 unspecified atom stereocenters. The van der Waals surface area contributed by atoms with E-state index in [-0.39, 0.29) is 28.4 Å². The molecule has 0 bridgehead atoms. The van der Waals surface area contributed by atoms with Crippen LogP contribution in [-0.2, 0) is 6.42 Å². The number of nitrogens with one attached hydrogen (secondary N) is 2. The van der Waals surface area contributed by atoms with Crippen LogP contribution in [0.15, 0.2) is 4.42 Å². The molecule has 146 valence electrons. The number of aliphatic hydroxyl groups excluding tert-OH is 1. The normalized spacial score (nSPS) is 27.0. The van der Waals surface area contributed by atoms with Gasteiger partial charge in [-0.2, -0.15) is 0 Å². The third kappa shape index (κ3) is 3.84. The van der Waals surface area contributed by atoms with E-state index in [2.05, 4.69) is 52.2 Å². The fraction of sp³-hybridized carbons (Fsp3) is 0.762. The molecule has 5 nitrogen and oxygen atoms in total. The Balaban J connectivity index is 1.81. The van der Waals surface area contributed by atoms with Crippen LogP contribution in [0.4, 0.5) is 0 Å². The van der Waals surface area contributed by atoms with Crippen LogP contribution in [0.2, 0.25) is 0 Å². The lowest BCUT2D eigenvalue weighted by atomic mass is 9.75. The molecule has 1 aliphatic carbocycles. The van der Waals surface area contributed by atoms with Crippen molar-refractivity contribution in [3.63, 3.8) is 0 Å². The maximum atomic E-state index is 12.9. The number of aliphatic hydroxyl groups is 1. The molecule has 1 saturated heterocycles. The van der Waals surface area contributed by atoms with Gasteiger partial charge in [-0.15, -0.1) is 0 Å². The standard InChI is InChI=1S/C21H34N2O3/c1-12-16-14(24)10-19(2,3)11-15(16)26-17(12)18(25)22-13-8-20(4,5)23-21(6,7)9-13/h13-14,23-24H,8-11H2,1-7H3,(H,22,25)/t14-/m0/s1. The van der Waals surface area contributed by atoms with Crippen LogP contribution in [0.1, 0.15) is 94.4 Å². The first kappa shape index (κ1) is 19.4. The number of hydrogen-bond donors (Lipinski definition) is 3. The molecule has 5 heteroatoms. The molecule has 0 spiro atoms. The van der Waals surface area contributed by atoms with Crippen molar-refractivity contribution in [1.29, 1.82) is 0 Å². The van der Waals surface area contributed by atoms with Crippen molar-refractivity contribution in [2.45, 2.75) is 97.4 Å². The summed E-state index contributed by atoms with van der Waals surface area (Å²) in [4.78, 5) is 12.9. The number of hydrogen-bond acceptors (Lipinski definition) is 4. The summed E-state index contributed by atoms with van der Waals surface area (Å²) in [6.07, 6.45) is 2.63. The quantitative estimate of drug-likeness (QED) is 0.751. The van der Waals surface area contributed by atoms with Crippen LogP contribution >= 0.6 is 0 Å². The second-order valence-corrected chi connectivity index (χ2v) is 10.4. The van der Waals surface area contributed by atoms with Crippen molar-refractivity contribution in [3.8, 4) is 0 Å². The van der Waals surface area contributed by atoms with E-state index < -0.39 is 6.10 Å². The summed E-state index contributed by atoms with van der Waals surface area (Å²) in [6, 6.07) is 0.0941. The maximum Gasteiger partial charge on any atom is 0.287 e. The number of piperidine rings is 1. The zero-order chi connectivity index (χ0) is 19.5. The first-order valence-electron chi connectivity index (χ1n) is 9.69. The molecule has 1 aromatic heterocycles. The van der Waals surface area contributed by atoms with E-state index >= 15 is 0 Å². The SMILES string of the molecule is Cc1c(C(=O)NC2CC(C)(C)NC(C)(C)C2)oc2c1[C@@H](O)CC(C)(C)C2. The summed E-state index contributed by atoms with van der Waals surface area (Å²) in [7, 11) is 0. The molecule has 0 radical (unpaired) electrons. The number of fused-ring (bicyclic) bond motifs is 1. The Labute approximate surface area is 156 Å². The molecule has 26 heavy (non-hydrogen) atoms. The third-order valence-electron chi connectivity index (χ3n) is 5.72. The van der Waals surface area contributed by atoms with Gasteiger partial charge in [0.15, 0.2) is 5.76 Å². The summed E-state index contributed by atoms with van der Waals surface area (Å²) in [5.74, 6) is 0.962. The molecule has 1 atom stereocenters. The van der Waals surface area contributed by atoms with E-state index in [1.807, 2.05) is 6.92 Å². The summed E-state index contributed by atoms with van der Waals surface area (Å²) in [5, 5.41) is 17.3. The highest BCUT2D eigenvalue weighted by atomic mass is 16.4. The minimum absolute atomic E-state index is 0.0203. The van der Waals surface area contributed by atoms with Crippen molar-refractivity contribution in [1.82, 2.24) is 10.6 Å². The Hall–Kier alpha value is -1.33. The maximum absolute atomic E-state index is 12.9. The topological polar surface area (TPSA) is 74.5 Å². The first-order chi connectivity index (χ1) is 11.8. The van der Waals surface area contributed by atoms with E-state index in [0.29, 0.717) is 12.2 Å². The first-order valence-corrected chi connectivity index (χ1v) is 9.69. The highest BCUT2D eigenvalue weighted by molar-refractivity contribution is 5.93. The van der Waals surface area contributed by atoms with E-state index in [0.717, 1.165) is 36.1 Å². The number of carbonyl (C=O) groups excluding carboxylic acids is 1. The van der Waals surface area contributed by atoms with E-state index in [1.165, 1.54) is 0 Å². The predicted molar refractivity (Wildman–Crippen MR) is 102 cm³/mol. The van der Waals surface area contributed by atoms with Gasteiger partial charge in [-0.1, -0.05) is 13.8 Å². The van der Waals surface area contributed by atoms with Crippen molar-refractivity contribution >= 4 is 5.91 Å². The van der Waals surface area contributed by atoms with Crippen molar-refractivity contribution in [3.05, 3.63) is 22.6 Å². The average Bonchev–Trinajstić information content (AvgIpc) is 2.70. The summed E-state index contributed by atoms with van der Waals surface area (Å²) < 4.78 is 5.96. The molecule has 1 aliphatic heterocycles. The Bertz CT molecular complexity index is 699. The Morgan fingerprint density at radius 2 is 1.69 bits per heavy atom. The highest BCUT2D eigenvalue weighted by Gasteiger charge is 2.40. The molecule has 1 amide bonds. The van der Waals surface area contributed by atoms with Crippen LogP contribution in [-0.4, -0.2) is 28.1 Å². The highest BCUT2D eigenvalue weighted by Crippen LogP contribution is 2.44. The Morgan fingerprint density at radius 3 is 2.27 bits per heavy atom. The smallest absolute Gasteiger partial charge is 0.287 e. The van der Waals surface area contributed by atoms with Gasteiger partial charge in [0.1, 0.15) is 5.76 Å². The number of carbonyl (C=O) groups is 1. The summed E-state index contributed by atoms with van der Waals surface area (Å²) >= 11 is 0. The number of furan rings is 1. The van der Waals surface area contributed by atoms with E-state index in [9.17, 15) is 9.90 Å². The molecule has 3 rings (SSSR count). The third-order valence-corrected chi connectivity index (χ3v) is 5.72. The van der Waals surface area contributed by atoms with Gasteiger partial charge in [0.25, 0.3) is 5.91 Å².